The lowest BCUT2D eigenvalue weighted by molar-refractivity contribution is -0.384. The molecule has 1 aliphatic carbocycles. The van der Waals surface area contributed by atoms with Gasteiger partial charge in [0.2, 0.25) is 5.88 Å². The highest BCUT2D eigenvalue weighted by Gasteiger charge is 2.51. The molecule has 2 aromatic heterocycles. The maximum atomic E-state index is 14.8. The van der Waals surface area contributed by atoms with Crippen molar-refractivity contribution in [3.8, 4) is 11.6 Å². The second-order valence-corrected chi connectivity index (χ2v) is 22.9. The van der Waals surface area contributed by atoms with Gasteiger partial charge in [-0.3, -0.25) is 24.7 Å². The van der Waals surface area contributed by atoms with Crippen LogP contribution >= 0.6 is 0 Å². The van der Waals surface area contributed by atoms with Crippen molar-refractivity contribution >= 4 is 55.4 Å². The topological polar surface area (TPSA) is 197 Å². The Labute approximate surface area is 419 Å². The summed E-state index contributed by atoms with van der Waals surface area (Å²) in [4.78, 5) is 43.9. The van der Waals surface area contributed by atoms with Gasteiger partial charge in [0.15, 0.2) is 11.4 Å². The van der Waals surface area contributed by atoms with Crippen molar-refractivity contribution in [2.24, 2.45) is 11.3 Å². The van der Waals surface area contributed by atoms with Crippen LogP contribution in [-0.2, 0) is 19.5 Å². The molecule has 1 spiro atoms. The van der Waals surface area contributed by atoms with E-state index in [0.717, 1.165) is 56.2 Å². The first-order chi connectivity index (χ1) is 34.9. The third kappa shape index (κ3) is 8.79. The van der Waals surface area contributed by atoms with Crippen LogP contribution in [0.1, 0.15) is 79.4 Å². The first-order valence-electron chi connectivity index (χ1n) is 25.7. The lowest BCUT2D eigenvalue weighted by Crippen LogP contribution is -2.57. The molecule has 18 nitrogen and oxygen atoms in total. The predicted molar refractivity (Wildman–Crippen MR) is 272 cm³/mol. The smallest absolute Gasteiger partial charge is 0.297 e. The number of anilines is 4. The molecule has 5 fully saturated rings. The van der Waals surface area contributed by atoms with E-state index in [1.54, 1.807) is 6.07 Å². The number of likely N-dealkylation sites (tertiary alicyclic amines) is 1. The third-order valence-corrected chi connectivity index (χ3v) is 18.0. The number of amides is 1. The number of nitrogens with zero attached hydrogens (tertiary/aromatic N) is 6. The molecule has 0 radical (unpaired) electrons. The van der Waals surface area contributed by atoms with Gasteiger partial charge in [-0.1, -0.05) is 24.3 Å². The van der Waals surface area contributed by atoms with E-state index in [4.69, 9.17) is 23.9 Å². The standard InChI is InChI=1S/C53H63N9O9S/c1-33-6-3-4-7-41(33)43-8-5-15-60(43)39-27-53(28-39)13-16-59(34(2)26-53)38-9-10-42(44(23-38)61-29-36-12-19-69-32-48(36)71-52-46(61)22-35-11-14-54-50(35)56-52)51(63)57-72(66,67)40-24-45(62(64)65)49-47(25-40)70-31-37(55-49)30-58-17-20-68-21-18-58/h3-4,6-7,9-11,14,22-25,34,36-37,39,43,48,55H,5,8,12-13,15-21,26-32H2,1-2H3,(H,54,56)(H,57,63)/t34-,36-,37-,39?,43-,48+,53?/m0/s1. The number of morpholine rings is 1. The van der Waals surface area contributed by atoms with Gasteiger partial charge in [-0.15, -0.1) is 0 Å². The normalized spacial score (nSPS) is 27.6. The molecule has 380 valence electrons. The number of aromatic amines is 1. The van der Waals surface area contributed by atoms with Gasteiger partial charge in [0, 0.05) is 92.8 Å². The lowest BCUT2D eigenvalue weighted by atomic mass is 9.58. The second-order valence-electron chi connectivity index (χ2n) is 21.2. The number of fused-ring (bicyclic) bond motifs is 4. The summed E-state index contributed by atoms with van der Waals surface area (Å²) in [7, 11) is -4.69. The molecule has 3 N–H and O–H groups in total. The van der Waals surface area contributed by atoms with Crippen molar-refractivity contribution in [3.05, 3.63) is 99.7 Å². The minimum Gasteiger partial charge on any atom is -0.489 e. The summed E-state index contributed by atoms with van der Waals surface area (Å²) in [5, 5.41) is 16.6. The van der Waals surface area contributed by atoms with Gasteiger partial charge in [0.05, 0.1) is 46.9 Å². The van der Waals surface area contributed by atoms with Gasteiger partial charge in [-0.2, -0.15) is 4.98 Å². The summed E-state index contributed by atoms with van der Waals surface area (Å²) in [6, 6.07) is 21.6. The number of piperidine rings is 1. The Hall–Kier alpha value is -5.99. The predicted octanol–water partition coefficient (Wildman–Crippen LogP) is 7.31. The number of hydrogen-bond donors (Lipinski definition) is 3. The summed E-state index contributed by atoms with van der Waals surface area (Å²) < 4.78 is 55.1. The maximum Gasteiger partial charge on any atom is 0.297 e. The molecule has 7 aliphatic rings. The van der Waals surface area contributed by atoms with Gasteiger partial charge in [-0.25, -0.2) is 13.1 Å². The van der Waals surface area contributed by atoms with Crippen LogP contribution in [0.25, 0.3) is 11.0 Å². The molecular formula is C53H63N9O9S. The van der Waals surface area contributed by atoms with Gasteiger partial charge in [-0.05, 0) is 112 Å². The Bertz CT molecular complexity index is 3010. The first kappa shape index (κ1) is 47.0. The summed E-state index contributed by atoms with van der Waals surface area (Å²) in [5.74, 6) is -0.489. The Morgan fingerprint density at radius 3 is 2.62 bits per heavy atom. The van der Waals surface area contributed by atoms with E-state index >= 15 is 0 Å². The van der Waals surface area contributed by atoms with Crippen LogP contribution in [0, 0.1) is 28.4 Å². The highest BCUT2D eigenvalue weighted by atomic mass is 32.2. The summed E-state index contributed by atoms with van der Waals surface area (Å²) in [6.45, 7) is 11.3. The quantitative estimate of drug-likeness (QED) is 0.0930. The van der Waals surface area contributed by atoms with Crippen LogP contribution in [-0.4, -0.2) is 136 Å². The number of sulfonamides is 1. The SMILES string of the molecule is Cc1ccccc1[C@@H]1CCCN1C1CC2(CCN(c3ccc(C(=O)NS(=O)(=O)c4cc5c(c([N+](=O)[O-])c4)N[C@@H](CN4CCOCC4)CO5)c(N4C[C@@H]5CCOC[C@H]5Oc5nc6[nH]ccc6cc54)c3)[C@@H](C)C2)C1. The number of H-pyrrole nitrogens is 1. The average Bonchev–Trinajstić information content (AvgIpc) is 4.01. The number of rotatable bonds is 10. The minimum atomic E-state index is -4.69. The molecule has 72 heavy (non-hydrogen) atoms. The number of ether oxygens (including phenoxy) is 4. The molecule has 5 atom stereocenters. The fraction of sp³-hybridized carbons (Fsp3) is 0.509. The fourth-order valence-corrected chi connectivity index (χ4v) is 14.0. The average molecular weight is 1000 g/mol. The molecule has 1 saturated carbocycles. The Kier molecular flexibility index (Phi) is 12.3. The number of nitrogens with one attached hydrogen (secondary N) is 3. The number of aryl methyl sites for hydroxylation is 1. The molecule has 19 heteroatoms. The van der Waals surface area contributed by atoms with E-state index in [0.29, 0.717) is 80.9 Å². The number of aromatic nitrogens is 2. The van der Waals surface area contributed by atoms with Gasteiger partial charge >= 0.3 is 0 Å². The molecule has 5 aromatic rings. The summed E-state index contributed by atoms with van der Waals surface area (Å²) in [5.41, 5.74) is 5.56. The number of carbonyl (C=O) groups excluding carboxylic acids is 1. The maximum absolute atomic E-state index is 14.8. The summed E-state index contributed by atoms with van der Waals surface area (Å²) in [6.07, 6.45) is 9.13. The number of hydrogen-bond acceptors (Lipinski definition) is 15. The van der Waals surface area contributed by atoms with Crippen molar-refractivity contribution in [2.45, 2.75) is 94.0 Å². The van der Waals surface area contributed by atoms with Crippen LogP contribution < -0.4 is 29.3 Å². The zero-order valence-electron chi connectivity index (χ0n) is 40.9. The molecule has 12 rings (SSSR count). The third-order valence-electron chi connectivity index (χ3n) is 16.7. The van der Waals surface area contributed by atoms with Crippen molar-refractivity contribution in [1.29, 1.82) is 0 Å². The van der Waals surface area contributed by atoms with Gasteiger partial charge in [0.25, 0.3) is 21.6 Å². The van der Waals surface area contributed by atoms with Crippen LogP contribution in [0.15, 0.2) is 77.8 Å². The van der Waals surface area contributed by atoms with Gasteiger partial charge < -0.3 is 39.0 Å². The van der Waals surface area contributed by atoms with E-state index < -0.39 is 31.4 Å². The Balaban J connectivity index is 0.848. The molecule has 3 aromatic carbocycles. The lowest BCUT2D eigenvalue weighted by Gasteiger charge is -2.57. The molecule has 0 bridgehead atoms. The zero-order chi connectivity index (χ0) is 49.3. The van der Waals surface area contributed by atoms with Crippen molar-refractivity contribution in [3.63, 3.8) is 0 Å². The van der Waals surface area contributed by atoms with Crippen molar-refractivity contribution in [2.75, 3.05) is 87.4 Å². The van der Waals surface area contributed by atoms with E-state index in [1.807, 2.05) is 30.5 Å². The number of carbonyl (C=O) groups is 1. The van der Waals surface area contributed by atoms with E-state index in [1.165, 1.54) is 42.9 Å². The fourth-order valence-electron chi connectivity index (χ4n) is 13.0. The first-order valence-corrected chi connectivity index (χ1v) is 27.2. The molecule has 1 amide bonds. The highest BCUT2D eigenvalue weighted by molar-refractivity contribution is 7.90. The molecule has 6 aliphatic heterocycles. The Morgan fingerprint density at radius 1 is 0.958 bits per heavy atom. The summed E-state index contributed by atoms with van der Waals surface area (Å²) >= 11 is 0. The van der Waals surface area contributed by atoms with Gasteiger partial charge in [0.1, 0.15) is 24.0 Å². The van der Waals surface area contributed by atoms with E-state index in [-0.39, 0.29) is 53.1 Å². The van der Waals surface area contributed by atoms with E-state index in [9.17, 15) is 23.3 Å². The molecule has 8 heterocycles. The number of benzene rings is 3. The van der Waals surface area contributed by atoms with Crippen molar-refractivity contribution in [1.82, 2.24) is 24.5 Å². The van der Waals surface area contributed by atoms with Crippen LogP contribution in [0.2, 0.25) is 0 Å². The van der Waals surface area contributed by atoms with Crippen LogP contribution in [0.4, 0.5) is 28.4 Å². The Morgan fingerprint density at radius 2 is 1.81 bits per heavy atom. The number of nitro groups is 1. The van der Waals surface area contributed by atoms with Crippen molar-refractivity contribution < 1.29 is 37.1 Å². The van der Waals surface area contributed by atoms with Crippen LogP contribution in [0.5, 0.6) is 11.6 Å². The van der Waals surface area contributed by atoms with E-state index in [2.05, 4.69) is 72.7 Å². The molecule has 0 unspecified atom stereocenters. The highest BCUT2D eigenvalue weighted by Crippen LogP contribution is 2.56. The zero-order valence-corrected chi connectivity index (χ0v) is 41.7. The second kappa shape index (κ2) is 18.8. The monoisotopic (exact) mass is 1000 g/mol. The molecular weight excluding hydrogens is 939 g/mol. The van der Waals surface area contributed by atoms with Crippen LogP contribution in [0.3, 0.4) is 0 Å². The largest absolute Gasteiger partial charge is 0.489 e. The molecule has 4 saturated heterocycles. The number of nitro benzene ring substituents is 1. The minimum absolute atomic E-state index is 0.00551. The number of pyridine rings is 1.